The first kappa shape index (κ1) is 15.3. The molecule has 19 heavy (non-hydrogen) atoms. The SMILES string of the molecule is CSC[C@@H](CCO)Nc1ccc([N+](=O)[O-])cc1C#N. The van der Waals surface area contributed by atoms with Gasteiger partial charge in [-0.2, -0.15) is 17.0 Å². The maximum absolute atomic E-state index is 10.6. The number of nitro groups is 1. The standard InChI is InChI=1S/C12H15N3O3S/c1-19-8-10(4-5-16)14-12-3-2-11(15(17)18)6-9(12)7-13/h2-3,6,10,14,16H,4-5,8H2,1H3/t10-/m1/s1. The van der Waals surface area contributed by atoms with Gasteiger partial charge in [0.25, 0.3) is 5.69 Å². The van der Waals surface area contributed by atoms with E-state index in [1.807, 2.05) is 12.3 Å². The summed E-state index contributed by atoms with van der Waals surface area (Å²) in [6.07, 6.45) is 2.51. The lowest BCUT2D eigenvalue weighted by Crippen LogP contribution is -2.24. The molecule has 7 heteroatoms. The van der Waals surface area contributed by atoms with Crippen molar-refractivity contribution in [2.75, 3.05) is 23.9 Å². The average molecular weight is 281 g/mol. The molecular formula is C12H15N3O3S. The Balaban J connectivity index is 2.93. The van der Waals surface area contributed by atoms with E-state index in [0.717, 1.165) is 5.75 Å². The Morgan fingerprint density at radius 2 is 2.37 bits per heavy atom. The maximum Gasteiger partial charge on any atom is 0.270 e. The van der Waals surface area contributed by atoms with Gasteiger partial charge < -0.3 is 10.4 Å². The summed E-state index contributed by atoms with van der Waals surface area (Å²) in [7, 11) is 0. The Morgan fingerprint density at radius 1 is 1.63 bits per heavy atom. The van der Waals surface area contributed by atoms with Crippen molar-refractivity contribution < 1.29 is 10.0 Å². The minimum Gasteiger partial charge on any atom is -0.396 e. The van der Waals surface area contributed by atoms with Crippen molar-refractivity contribution in [1.82, 2.24) is 0 Å². The third kappa shape index (κ3) is 4.43. The first-order chi connectivity index (χ1) is 9.12. The zero-order valence-corrected chi connectivity index (χ0v) is 11.3. The molecule has 1 atom stereocenters. The molecule has 0 aliphatic carbocycles. The van der Waals surface area contributed by atoms with Gasteiger partial charge in [-0.15, -0.1) is 0 Å². The van der Waals surface area contributed by atoms with Crippen molar-refractivity contribution >= 4 is 23.1 Å². The number of rotatable bonds is 7. The Kier molecular flexibility index (Phi) is 6.12. The third-order valence-corrected chi connectivity index (χ3v) is 3.28. The summed E-state index contributed by atoms with van der Waals surface area (Å²) in [6.45, 7) is 0.0487. The van der Waals surface area contributed by atoms with Crippen LogP contribution in [0, 0.1) is 21.4 Å². The summed E-state index contributed by atoms with van der Waals surface area (Å²) < 4.78 is 0. The van der Waals surface area contributed by atoms with Crippen LogP contribution < -0.4 is 5.32 Å². The molecule has 1 rings (SSSR count). The normalized spacial score (nSPS) is 11.6. The molecule has 1 aromatic carbocycles. The Hall–Kier alpha value is -1.78. The number of hydrogen-bond acceptors (Lipinski definition) is 6. The first-order valence-electron chi connectivity index (χ1n) is 5.67. The molecule has 0 saturated heterocycles. The predicted octanol–water partition coefficient (Wildman–Crippen LogP) is 1.99. The van der Waals surface area contributed by atoms with Crippen molar-refractivity contribution in [2.45, 2.75) is 12.5 Å². The second-order valence-corrected chi connectivity index (χ2v) is 4.82. The largest absolute Gasteiger partial charge is 0.396 e. The zero-order valence-electron chi connectivity index (χ0n) is 10.5. The minimum atomic E-state index is -0.530. The minimum absolute atomic E-state index is 0.0218. The van der Waals surface area contributed by atoms with Gasteiger partial charge in [0.05, 0.1) is 16.2 Å². The van der Waals surface area contributed by atoms with E-state index in [2.05, 4.69) is 5.32 Å². The van der Waals surface area contributed by atoms with Crippen LogP contribution in [0.2, 0.25) is 0 Å². The van der Waals surface area contributed by atoms with Gasteiger partial charge in [0, 0.05) is 30.5 Å². The molecule has 0 amide bonds. The molecule has 6 nitrogen and oxygen atoms in total. The van der Waals surface area contributed by atoms with Crippen molar-refractivity contribution in [2.24, 2.45) is 0 Å². The molecule has 2 N–H and O–H groups in total. The van der Waals surface area contributed by atoms with Crippen LogP contribution in [-0.4, -0.2) is 34.7 Å². The second kappa shape index (κ2) is 7.61. The van der Waals surface area contributed by atoms with E-state index in [4.69, 9.17) is 10.4 Å². The van der Waals surface area contributed by atoms with Crippen LogP contribution in [0.5, 0.6) is 0 Å². The smallest absolute Gasteiger partial charge is 0.270 e. The number of aliphatic hydroxyl groups is 1. The van der Waals surface area contributed by atoms with Crippen molar-refractivity contribution in [3.63, 3.8) is 0 Å². The number of nitrogens with zero attached hydrogens (tertiary/aromatic N) is 2. The summed E-state index contributed by atoms with van der Waals surface area (Å²) in [5.74, 6) is 0.780. The molecular weight excluding hydrogens is 266 g/mol. The second-order valence-electron chi connectivity index (χ2n) is 3.91. The molecule has 0 bridgehead atoms. The van der Waals surface area contributed by atoms with E-state index >= 15 is 0 Å². The highest BCUT2D eigenvalue weighted by Gasteiger charge is 2.13. The lowest BCUT2D eigenvalue weighted by molar-refractivity contribution is -0.384. The first-order valence-corrected chi connectivity index (χ1v) is 7.06. The maximum atomic E-state index is 10.6. The topological polar surface area (TPSA) is 99.2 Å². The van der Waals surface area contributed by atoms with Crippen LogP contribution in [0.4, 0.5) is 11.4 Å². The van der Waals surface area contributed by atoms with E-state index in [1.54, 1.807) is 11.8 Å². The van der Waals surface area contributed by atoms with Gasteiger partial charge >= 0.3 is 0 Å². The molecule has 0 radical (unpaired) electrons. The fourth-order valence-corrected chi connectivity index (χ4v) is 2.29. The van der Waals surface area contributed by atoms with Crippen molar-refractivity contribution in [3.8, 4) is 6.07 Å². The van der Waals surface area contributed by atoms with E-state index < -0.39 is 4.92 Å². The van der Waals surface area contributed by atoms with E-state index in [0.29, 0.717) is 12.1 Å². The van der Waals surface area contributed by atoms with Crippen molar-refractivity contribution in [3.05, 3.63) is 33.9 Å². The van der Waals surface area contributed by atoms with Crippen LogP contribution in [0.1, 0.15) is 12.0 Å². The van der Waals surface area contributed by atoms with Gasteiger partial charge in [-0.25, -0.2) is 0 Å². The summed E-state index contributed by atoms with van der Waals surface area (Å²) in [5, 5.41) is 31.8. The zero-order chi connectivity index (χ0) is 14.3. The van der Waals surface area contributed by atoms with Gasteiger partial charge in [-0.05, 0) is 18.7 Å². The highest BCUT2D eigenvalue weighted by atomic mass is 32.2. The molecule has 0 aliphatic heterocycles. The number of non-ortho nitro benzene ring substituents is 1. The van der Waals surface area contributed by atoms with Gasteiger partial charge in [0.2, 0.25) is 0 Å². The van der Waals surface area contributed by atoms with Crippen molar-refractivity contribution in [1.29, 1.82) is 5.26 Å². The van der Waals surface area contributed by atoms with E-state index in [9.17, 15) is 10.1 Å². The molecule has 0 heterocycles. The Morgan fingerprint density at radius 3 is 2.89 bits per heavy atom. The summed E-state index contributed by atoms with van der Waals surface area (Å²) in [4.78, 5) is 10.1. The molecule has 0 aliphatic rings. The van der Waals surface area contributed by atoms with Crippen LogP contribution in [0.25, 0.3) is 0 Å². The van der Waals surface area contributed by atoms with Crippen LogP contribution in [-0.2, 0) is 0 Å². The number of anilines is 1. The highest BCUT2D eigenvalue weighted by molar-refractivity contribution is 7.98. The highest BCUT2D eigenvalue weighted by Crippen LogP contribution is 2.23. The fraction of sp³-hybridized carbons (Fsp3) is 0.417. The summed E-state index contributed by atoms with van der Waals surface area (Å²) in [6, 6.07) is 6.10. The van der Waals surface area contributed by atoms with E-state index in [-0.39, 0.29) is 23.9 Å². The van der Waals surface area contributed by atoms with Crippen LogP contribution in [0.15, 0.2) is 18.2 Å². The number of nitrogens with one attached hydrogen (secondary N) is 1. The summed E-state index contributed by atoms with van der Waals surface area (Å²) >= 11 is 1.63. The molecule has 0 unspecified atom stereocenters. The average Bonchev–Trinajstić information content (AvgIpc) is 2.39. The van der Waals surface area contributed by atoms with Gasteiger partial charge in [0.15, 0.2) is 0 Å². The Bertz CT molecular complexity index is 482. The number of nitro benzene ring substituents is 1. The van der Waals surface area contributed by atoms with E-state index in [1.165, 1.54) is 18.2 Å². The Labute approximate surface area is 115 Å². The molecule has 0 fully saturated rings. The van der Waals surface area contributed by atoms with Gasteiger partial charge in [-0.1, -0.05) is 0 Å². The molecule has 0 spiro atoms. The predicted molar refractivity (Wildman–Crippen MR) is 75.3 cm³/mol. The number of aliphatic hydroxyl groups excluding tert-OH is 1. The molecule has 1 aromatic rings. The lowest BCUT2D eigenvalue weighted by atomic mass is 10.1. The summed E-state index contributed by atoms with van der Waals surface area (Å²) in [5.41, 5.74) is 0.685. The number of hydrogen-bond donors (Lipinski definition) is 2. The number of nitriles is 1. The quantitative estimate of drug-likeness (QED) is 0.585. The van der Waals surface area contributed by atoms with Gasteiger partial charge in [-0.3, -0.25) is 10.1 Å². The monoisotopic (exact) mass is 281 g/mol. The number of benzene rings is 1. The molecule has 102 valence electrons. The third-order valence-electron chi connectivity index (χ3n) is 2.54. The fourth-order valence-electron chi connectivity index (χ4n) is 1.64. The molecule has 0 saturated carbocycles. The molecule has 0 aromatic heterocycles. The number of thioether (sulfide) groups is 1. The van der Waals surface area contributed by atoms with Crippen LogP contribution >= 0.6 is 11.8 Å². The van der Waals surface area contributed by atoms with Gasteiger partial charge in [0.1, 0.15) is 6.07 Å². The lowest BCUT2D eigenvalue weighted by Gasteiger charge is -2.18. The van der Waals surface area contributed by atoms with Crippen LogP contribution in [0.3, 0.4) is 0 Å².